The summed E-state index contributed by atoms with van der Waals surface area (Å²) in [6.45, 7) is 6.18. The number of piperazine rings is 1. The molecule has 2 atom stereocenters. The summed E-state index contributed by atoms with van der Waals surface area (Å²) in [6, 6.07) is 4.09. The lowest BCUT2D eigenvalue weighted by molar-refractivity contribution is -0.158. The minimum absolute atomic E-state index is 0.0352. The second-order valence-electron chi connectivity index (χ2n) is 9.35. The van der Waals surface area contributed by atoms with Crippen molar-refractivity contribution < 1.29 is 23.9 Å². The lowest BCUT2D eigenvalue weighted by Crippen LogP contribution is -2.62. The van der Waals surface area contributed by atoms with Crippen LogP contribution >= 0.6 is 11.6 Å². The highest BCUT2D eigenvalue weighted by Gasteiger charge is 2.43. The van der Waals surface area contributed by atoms with E-state index in [9.17, 15) is 14.4 Å². The van der Waals surface area contributed by atoms with Crippen molar-refractivity contribution in [3.8, 4) is 11.4 Å². The molecule has 2 aliphatic heterocycles. The maximum Gasteiger partial charge on any atom is 0.410 e. The number of fused-ring (bicyclic) bond motifs is 1. The third-order valence-corrected chi connectivity index (χ3v) is 5.81. The van der Waals surface area contributed by atoms with Gasteiger partial charge in [-0.15, -0.1) is 0 Å². The number of hydrogen-bond donors (Lipinski definition) is 1. The number of pyridine rings is 1. The van der Waals surface area contributed by atoms with Crippen LogP contribution in [0.4, 0.5) is 4.79 Å². The van der Waals surface area contributed by atoms with Crippen molar-refractivity contribution in [1.82, 2.24) is 30.1 Å². The number of amides is 3. The molecule has 0 bridgehead atoms. The van der Waals surface area contributed by atoms with Gasteiger partial charge in [-0.25, -0.2) is 19.7 Å². The Morgan fingerprint density at radius 1 is 1.17 bits per heavy atom. The fourth-order valence-corrected chi connectivity index (χ4v) is 4.38. The lowest BCUT2D eigenvalue weighted by Gasteiger charge is -2.48. The molecule has 1 N–H and O–H groups in total. The first-order chi connectivity index (χ1) is 16.6. The van der Waals surface area contributed by atoms with Gasteiger partial charge >= 0.3 is 6.09 Å². The first-order valence-corrected chi connectivity index (χ1v) is 11.5. The van der Waals surface area contributed by atoms with E-state index in [1.54, 1.807) is 42.7 Å². The van der Waals surface area contributed by atoms with Gasteiger partial charge in [-0.1, -0.05) is 11.6 Å². The summed E-state index contributed by atoms with van der Waals surface area (Å²) in [5.41, 5.74) is 0.996. The summed E-state index contributed by atoms with van der Waals surface area (Å²) in [5, 5.41) is 2.71. The van der Waals surface area contributed by atoms with E-state index < -0.39 is 17.7 Å². The van der Waals surface area contributed by atoms with Crippen LogP contribution in [0.1, 0.15) is 42.9 Å². The third kappa shape index (κ3) is 5.51. The van der Waals surface area contributed by atoms with Crippen LogP contribution in [0, 0.1) is 0 Å². The molecule has 3 amide bonds. The van der Waals surface area contributed by atoms with Crippen LogP contribution in [0.2, 0.25) is 5.15 Å². The number of nitrogens with one attached hydrogen (secondary N) is 1. The molecule has 0 saturated carbocycles. The van der Waals surface area contributed by atoms with Gasteiger partial charge in [0, 0.05) is 20.1 Å². The zero-order valence-electron chi connectivity index (χ0n) is 19.9. The number of hydrogen-bond acceptors (Lipinski definition) is 8. The summed E-state index contributed by atoms with van der Waals surface area (Å²) >= 11 is 6.38. The molecular formula is C23H27ClN6O5. The van der Waals surface area contributed by atoms with Crippen LogP contribution in [0.3, 0.4) is 0 Å². The standard InChI is InChI=1S/C23H27ClN6O5/c1-23(2,3)35-22(33)29-8-14-10-34-11-20(31)30(14)18(9-29)13-5-16(28-19(24)6-13)15-7-17(21(32)25-4)27-12-26-15/h5-7,12,14,18H,8-11H2,1-4H3,(H,25,32). The van der Waals surface area contributed by atoms with Crippen molar-refractivity contribution in [3.05, 3.63) is 40.9 Å². The monoisotopic (exact) mass is 502 g/mol. The quantitative estimate of drug-likeness (QED) is 0.632. The Morgan fingerprint density at radius 3 is 2.66 bits per heavy atom. The van der Waals surface area contributed by atoms with Crippen LogP contribution in [0.15, 0.2) is 24.5 Å². The minimum atomic E-state index is -0.661. The van der Waals surface area contributed by atoms with E-state index in [4.69, 9.17) is 21.1 Å². The Labute approximate surface area is 207 Å². The van der Waals surface area contributed by atoms with Gasteiger partial charge in [0.15, 0.2) is 0 Å². The van der Waals surface area contributed by atoms with Gasteiger partial charge in [-0.2, -0.15) is 0 Å². The Hall–Kier alpha value is -3.31. The first-order valence-electron chi connectivity index (χ1n) is 11.1. The van der Waals surface area contributed by atoms with Crippen LogP contribution in [0.5, 0.6) is 0 Å². The van der Waals surface area contributed by atoms with Crippen LogP contribution in [0.25, 0.3) is 11.4 Å². The Bertz CT molecular complexity index is 1150. The highest BCUT2D eigenvalue weighted by atomic mass is 35.5. The zero-order chi connectivity index (χ0) is 25.3. The van der Waals surface area contributed by atoms with E-state index in [0.29, 0.717) is 30.1 Å². The van der Waals surface area contributed by atoms with E-state index >= 15 is 0 Å². The molecule has 11 nitrogen and oxygen atoms in total. The van der Waals surface area contributed by atoms with Crippen molar-refractivity contribution in [2.24, 2.45) is 0 Å². The van der Waals surface area contributed by atoms with Gasteiger partial charge in [-0.3, -0.25) is 9.59 Å². The van der Waals surface area contributed by atoms with Crippen molar-refractivity contribution >= 4 is 29.5 Å². The molecule has 2 aromatic rings. The molecule has 186 valence electrons. The third-order valence-electron chi connectivity index (χ3n) is 5.62. The molecule has 0 aromatic carbocycles. The number of rotatable bonds is 3. The Kier molecular flexibility index (Phi) is 6.91. The fraction of sp³-hybridized carbons (Fsp3) is 0.478. The van der Waals surface area contributed by atoms with Gasteiger partial charge in [0.05, 0.1) is 30.1 Å². The number of ether oxygens (including phenoxy) is 2. The van der Waals surface area contributed by atoms with Crippen LogP contribution in [-0.4, -0.2) is 87.7 Å². The molecule has 2 unspecified atom stereocenters. The van der Waals surface area contributed by atoms with Crippen molar-refractivity contribution in [1.29, 1.82) is 0 Å². The highest BCUT2D eigenvalue weighted by molar-refractivity contribution is 6.29. The summed E-state index contributed by atoms with van der Waals surface area (Å²) < 4.78 is 11.0. The summed E-state index contributed by atoms with van der Waals surface area (Å²) in [4.78, 5) is 53.7. The number of aromatic nitrogens is 3. The van der Waals surface area contributed by atoms with Gasteiger partial charge in [0.25, 0.3) is 5.91 Å². The largest absolute Gasteiger partial charge is 0.444 e. The van der Waals surface area contributed by atoms with Crippen LogP contribution in [-0.2, 0) is 14.3 Å². The molecule has 0 aliphatic carbocycles. The van der Waals surface area contributed by atoms with Gasteiger partial charge in [0.1, 0.15) is 29.4 Å². The normalized spacial score (nSPS) is 20.3. The Balaban J connectivity index is 1.72. The average Bonchev–Trinajstić information content (AvgIpc) is 2.81. The van der Waals surface area contributed by atoms with Crippen molar-refractivity contribution in [2.75, 3.05) is 33.4 Å². The van der Waals surface area contributed by atoms with Gasteiger partial charge in [0.2, 0.25) is 5.91 Å². The van der Waals surface area contributed by atoms with E-state index in [1.165, 1.54) is 19.4 Å². The molecule has 2 aliphatic rings. The topological polar surface area (TPSA) is 127 Å². The maximum atomic E-state index is 12.9. The summed E-state index contributed by atoms with van der Waals surface area (Å²) in [7, 11) is 1.51. The van der Waals surface area contributed by atoms with Crippen molar-refractivity contribution in [3.63, 3.8) is 0 Å². The predicted octanol–water partition coefficient (Wildman–Crippen LogP) is 2.07. The average molecular weight is 503 g/mol. The molecule has 4 heterocycles. The molecule has 2 saturated heterocycles. The molecule has 2 aromatic heterocycles. The van der Waals surface area contributed by atoms with E-state index in [2.05, 4.69) is 20.3 Å². The molecule has 0 radical (unpaired) electrons. The number of morpholine rings is 1. The van der Waals surface area contributed by atoms with E-state index in [1.807, 2.05) is 0 Å². The lowest BCUT2D eigenvalue weighted by atomic mass is 9.97. The first kappa shape index (κ1) is 24.8. The molecule has 4 rings (SSSR count). The van der Waals surface area contributed by atoms with Crippen molar-refractivity contribution in [2.45, 2.75) is 38.5 Å². The second kappa shape index (κ2) is 9.74. The minimum Gasteiger partial charge on any atom is -0.444 e. The summed E-state index contributed by atoms with van der Waals surface area (Å²) in [6.07, 6.45) is 0.806. The number of halogens is 1. The van der Waals surface area contributed by atoms with E-state index in [0.717, 1.165) is 0 Å². The molecule has 0 spiro atoms. The maximum absolute atomic E-state index is 12.9. The molecule has 12 heteroatoms. The predicted molar refractivity (Wildman–Crippen MR) is 126 cm³/mol. The number of carbonyl (C=O) groups excluding carboxylic acids is 3. The SMILES string of the molecule is CNC(=O)c1cc(-c2cc(C3CN(C(=O)OC(C)(C)C)CC4COCC(=O)N43)cc(Cl)n2)ncn1. The van der Waals surface area contributed by atoms with Gasteiger partial charge < -0.3 is 24.6 Å². The fourth-order valence-electron chi connectivity index (χ4n) is 4.17. The zero-order valence-corrected chi connectivity index (χ0v) is 20.7. The second-order valence-corrected chi connectivity index (χ2v) is 9.73. The highest BCUT2D eigenvalue weighted by Crippen LogP contribution is 2.34. The molecule has 35 heavy (non-hydrogen) atoms. The summed E-state index contributed by atoms with van der Waals surface area (Å²) in [5.74, 6) is -0.536. The molecular weight excluding hydrogens is 476 g/mol. The van der Waals surface area contributed by atoms with E-state index in [-0.39, 0.29) is 41.9 Å². The van der Waals surface area contributed by atoms with Gasteiger partial charge in [-0.05, 0) is 44.5 Å². The Morgan fingerprint density at radius 2 is 1.94 bits per heavy atom. The molecule has 2 fully saturated rings. The number of nitrogens with zero attached hydrogens (tertiary/aromatic N) is 5. The number of carbonyl (C=O) groups is 3. The smallest absolute Gasteiger partial charge is 0.410 e. The van der Waals surface area contributed by atoms with Crippen LogP contribution < -0.4 is 5.32 Å².